The molecule has 1 saturated heterocycles. The van der Waals surface area contributed by atoms with E-state index in [9.17, 15) is 14.7 Å². The lowest BCUT2D eigenvalue weighted by Gasteiger charge is -2.44. The van der Waals surface area contributed by atoms with E-state index in [1.165, 1.54) is 11.3 Å². The minimum absolute atomic E-state index is 0.00169. The maximum Gasteiger partial charge on any atom is 0.345 e. The molecule has 1 spiro atoms. The number of aromatic carboxylic acids is 1. The fourth-order valence-corrected chi connectivity index (χ4v) is 5.88. The molecule has 0 aromatic carbocycles. The zero-order valence-electron chi connectivity index (χ0n) is 15.6. The van der Waals surface area contributed by atoms with Gasteiger partial charge in [-0.1, -0.05) is 0 Å². The maximum atomic E-state index is 13.1. The number of aryl methyl sites for hydroxylation is 1. The van der Waals surface area contributed by atoms with E-state index in [1.54, 1.807) is 6.07 Å². The summed E-state index contributed by atoms with van der Waals surface area (Å²) in [6.07, 6.45) is 6.28. The van der Waals surface area contributed by atoms with Crippen molar-refractivity contribution in [3.8, 4) is 0 Å². The Kier molecular flexibility index (Phi) is 4.28. The Balaban J connectivity index is 1.35. The molecule has 28 heavy (non-hydrogen) atoms. The van der Waals surface area contributed by atoms with Crippen molar-refractivity contribution in [2.24, 2.45) is 0 Å². The molecule has 2 aromatic heterocycles. The SMILES string of the molecule is O=C(O)c1cc2c(s1)CCOC21CCN(C(=O)c2n[nH]c3c2CCCC3)CC1. The lowest BCUT2D eigenvalue weighted by molar-refractivity contribution is -0.0927. The number of rotatable bonds is 2. The van der Waals surface area contributed by atoms with Crippen molar-refractivity contribution in [1.29, 1.82) is 0 Å². The van der Waals surface area contributed by atoms with E-state index in [4.69, 9.17) is 4.74 Å². The molecule has 0 radical (unpaired) electrons. The Bertz CT molecular complexity index is 939. The summed E-state index contributed by atoms with van der Waals surface area (Å²) in [5, 5.41) is 16.7. The number of nitrogens with zero attached hydrogens (tertiary/aromatic N) is 2. The Morgan fingerprint density at radius 3 is 2.79 bits per heavy atom. The van der Waals surface area contributed by atoms with Gasteiger partial charge in [0, 0.05) is 35.6 Å². The molecule has 0 bridgehead atoms. The predicted octanol–water partition coefficient (Wildman–Crippen LogP) is 2.75. The van der Waals surface area contributed by atoms with Crippen LogP contribution in [-0.2, 0) is 29.6 Å². The number of nitrogens with one attached hydrogen (secondary N) is 1. The smallest absolute Gasteiger partial charge is 0.345 e. The highest BCUT2D eigenvalue weighted by Gasteiger charge is 2.43. The zero-order valence-corrected chi connectivity index (χ0v) is 16.4. The summed E-state index contributed by atoms with van der Waals surface area (Å²) in [6, 6.07) is 1.78. The summed E-state index contributed by atoms with van der Waals surface area (Å²) in [5.41, 5.74) is 3.35. The topological polar surface area (TPSA) is 95.5 Å². The number of hydrogen-bond acceptors (Lipinski definition) is 5. The molecule has 0 saturated carbocycles. The van der Waals surface area contributed by atoms with Crippen molar-refractivity contribution in [3.63, 3.8) is 0 Å². The van der Waals surface area contributed by atoms with Crippen LogP contribution in [0.25, 0.3) is 0 Å². The highest BCUT2D eigenvalue weighted by atomic mass is 32.1. The van der Waals surface area contributed by atoms with Crippen LogP contribution in [0.4, 0.5) is 0 Å². The van der Waals surface area contributed by atoms with Crippen molar-refractivity contribution >= 4 is 23.2 Å². The molecular weight excluding hydrogens is 378 g/mol. The van der Waals surface area contributed by atoms with Crippen molar-refractivity contribution in [2.45, 2.75) is 50.5 Å². The second-order valence-electron chi connectivity index (χ2n) is 7.87. The Hall–Kier alpha value is -2.19. The van der Waals surface area contributed by atoms with Crippen molar-refractivity contribution < 1.29 is 19.4 Å². The van der Waals surface area contributed by atoms with Gasteiger partial charge in [-0.05, 0) is 50.2 Å². The highest BCUT2D eigenvalue weighted by molar-refractivity contribution is 7.14. The third-order valence-electron chi connectivity index (χ3n) is 6.34. The van der Waals surface area contributed by atoms with E-state index in [2.05, 4.69) is 10.2 Å². The van der Waals surface area contributed by atoms with Crippen LogP contribution in [0.15, 0.2) is 6.07 Å². The normalized spacial score (nSPS) is 20.6. The van der Waals surface area contributed by atoms with Gasteiger partial charge in [-0.2, -0.15) is 5.10 Å². The van der Waals surface area contributed by atoms with Gasteiger partial charge in [0.2, 0.25) is 0 Å². The van der Waals surface area contributed by atoms with Gasteiger partial charge >= 0.3 is 5.97 Å². The number of aromatic nitrogens is 2. The molecule has 2 aromatic rings. The zero-order chi connectivity index (χ0) is 19.3. The van der Waals surface area contributed by atoms with Crippen LogP contribution in [-0.4, -0.2) is 51.8 Å². The molecular formula is C20H23N3O4S. The number of piperidine rings is 1. The van der Waals surface area contributed by atoms with E-state index in [0.717, 1.165) is 53.8 Å². The van der Waals surface area contributed by atoms with Gasteiger partial charge in [0.05, 0.1) is 12.2 Å². The summed E-state index contributed by atoms with van der Waals surface area (Å²) >= 11 is 1.36. The number of likely N-dealkylation sites (tertiary alicyclic amines) is 1. The van der Waals surface area contributed by atoms with E-state index in [0.29, 0.717) is 43.1 Å². The van der Waals surface area contributed by atoms with Gasteiger partial charge in [-0.25, -0.2) is 4.79 Å². The van der Waals surface area contributed by atoms with Crippen LogP contribution >= 0.6 is 11.3 Å². The number of carbonyl (C=O) groups is 2. The van der Waals surface area contributed by atoms with E-state index in [-0.39, 0.29) is 5.91 Å². The molecule has 5 rings (SSSR count). The summed E-state index contributed by atoms with van der Waals surface area (Å²) in [7, 11) is 0. The number of carboxylic acid groups (broad SMARTS) is 1. The average Bonchev–Trinajstić information content (AvgIpc) is 3.34. The van der Waals surface area contributed by atoms with Crippen LogP contribution in [0.5, 0.6) is 0 Å². The molecule has 1 fully saturated rings. The quantitative estimate of drug-likeness (QED) is 0.807. The lowest BCUT2D eigenvalue weighted by Crippen LogP contribution is -2.48. The number of H-pyrrole nitrogens is 1. The third kappa shape index (κ3) is 2.78. The van der Waals surface area contributed by atoms with Crippen molar-refractivity contribution in [2.75, 3.05) is 19.7 Å². The molecule has 1 aliphatic carbocycles. The first-order chi connectivity index (χ1) is 13.6. The highest BCUT2D eigenvalue weighted by Crippen LogP contribution is 2.44. The fraction of sp³-hybridized carbons (Fsp3) is 0.550. The predicted molar refractivity (Wildman–Crippen MR) is 103 cm³/mol. The molecule has 2 N–H and O–H groups in total. The first-order valence-corrected chi connectivity index (χ1v) is 10.7. The molecule has 2 aliphatic heterocycles. The summed E-state index contributed by atoms with van der Waals surface area (Å²) in [4.78, 5) is 27.8. The van der Waals surface area contributed by atoms with Gasteiger partial charge < -0.3 is 14.7 Å². The number of thiophene rings is 1. The van der Waals surface area contributed by atoms with Crippen LogP contribution in [0, 0.1) is 0 Å². The fourth-order valence-electron chi connectivity index (χ4n) is 4.81. The first kappa shape index (κ1) is 17.9. The number of carboxylic acids is 1. The van der Waals surface area contributed by atoms with E-state index >= 15 is 0 Å². The Morgan fingerprint density at radius 1 is 1.21 bits per heavy atom. The van der Waals surface area contributed by atoms with Gasteiger partial charge in [-0.15, -0.1) is 11.3 Å². The average molecular weight is 401 g/mol. The number of aromatic amines is 1. The second-order valence-corrected chi connectivity index (χ2v) is 9.01. The standard InChI is InChI=1S/C20H23N3O4S/c24-18(17-12-3-1-2-4-14(12)21-22-17)23-8-6-20(7-9-23)13-11-16(19(25)26)28-15(13)5-10-27-20/h11H,1-10H2,(H,21,22)(H,25,26). The van der Waals surface area contributed by atoms with Gasteiger partial charge in [0.25, 0.3) is 5.91 Å². The number of amides is 1. The lowest BCUT2D eigenvalue weighted by atomic mass is 9.82. The second kappa shape index (κ2) is 6.70. The first-order valence-electron chi connectivity index (χ1n) is 9.93. The van der Waals surface area contributed by atoms with E-state index in [1.807, 2.05) is 4.90 Å². The number of hydrogen-bond donors (Lipinski definition) is 2. The molecule has 1 amide bonds. The Labute approximate surface area is 166 Å². The molecule has 4 heterocycles. The van der Waals surface area contributed by atoms with Gasteiger partial charge in [0.15, 0.2) is 5.69 Å². The molecule has 8 heteroatoms. The Morgan fingerprint density at radius 2 is 2.00 bits per heavy atom. The third-order valence-corrected chi connectivity index (χ3v) is 7.52. The van der Waals surface area contributed by atoms with Crippen LogP contribution in [0.3, 0.4) is 0 Å². The molecule has 3 aliphatic rings. The van der Waals surface area contributed by atoms with Crippen LogP contribution in [0.1, 0.15) is 67.5 Å². The largest absolute Gasteiger partial charge is 0.477 e. The molecule has 7 nitrogen and oxygen atoms in total. The molecule has 0 unspecified atom stereocenters. The van der Waals surface area contributed by atoms with Gasteiger partial charge in [-0.3, -0.25) is 9.89 Å². The summed E-state index contributed by atoms with van der Waals surface area (Å²) in [6.45, 7) is 1.80. The van der Waals surface area contributed by atoms with Crippen LogP contribution < -0.4 is 0 Å². The minimum Gasteiger partial charge on any atom is -0.477 e. The molecule has 148 valence electrons. The summed E-state index contributed by atoms with van der Waals surface area (Å²) < 4.78 is 6.19. The van der Waals surface area contributed by atoms with Crippen molar-refractivity contribution in [1.82, 2.24) is 15.1 Å². The monoisotopic (exact) mass is 401 g/mol. The number of fused-ring (bicyclic) bond motifs is 3. The maximum absolute atomic E-state index is 13.1. The van der Waals surface area contributed by atoms with E-state index < -0.39 is 11.6 Å². The minimum atomic E-state index is -0.884. The van der Waals surface area contributed by atoms with Gasteiger partial charge in [0.1, 0.15) is 4.88 Å². The molecule has 0 atom stereocenters. The van der Waals surface area contributed by atoms with Crippen LogP contribution in [0.2, 0.25) is 0 Å². The number of ether oxygens (including phenoxy) is 1. The summed E-state index contributed by atoms with van der Waals surface area (Å²) in [5.74, 6) is -0.882. The number of carbonyl (C=O) groups excluding carboxylic acids is 1. The van der Waals surface area contributed by atoms with Crippen molar-refractivity contribution in [3.05, 3.63) is 38.3 Å².